The quantitative estimate of drug-likeness (QED) is 0.178. The molecule has 0 aliphatic carbocycles. The number of para-hydroxylation sites is 1. The van der Waals surface area contributed by atoms with Gasteiger partial charge in [0, 0.05) is 11.1 Å². The van der Waals surface area contributed by atoms with Gasteiger partial charge in [-0.3, -0.25) is 4.79 Å². The third kappa shape index (κ3) is 4.36. The molecule has 0 atom stereocenters. The molecule has 36 heavy (non-hydrogen) atoms. The number of aromatic nitrogens is 1. The Labute approximate surface area is 210 Å². The van der Waals surface area contributed by atoms with E-state index < -0.39 is 28.9 Å². The summed E-state index contributed by atoms with van der Waals surface area (Å²) in [6, 6.07) is 15.3. The van der Waals surface area contributed by atoms with Crippen LogP contribution in [0.15, 0.2) is 69.9 Å². The number of nitrogens with zero attached hydrogens (tertiary/aromatic N) is 1. The van der Waals surface area contributed by atoms with E-state index in [0.717, 1.165) is 17.4 Å². The van der Waals surface area contributed by atoms with Crippen LogP contribution < -0.4 is 10.2 Å². The second kappa shape index (κ2) is 9.07. The van der Waals surface area contributed by atoms with Crippen LogP contribution in [0.2, 0.25) is 5.02 Å². The van der Waals surface area contributed by atoms with Gasteiger partial charge in [-0.1, -0.05) is 30.7 Å². The number of alkyl halides is 3. The van der Waals surface area contributed by atoms with Crippen molar-refractivity contribution in [1.82, 2.24) is 4.98 Å². The lowest BCUT2D eigenvalue weighted by Gasteiger charge is -2.14. The number of fused-ring (bicyclic) bond motifs is 2. The lowest BCUT2D eigenvalue weighted by Crippen LogP contribution is -2.16. The van der Waals surface area contributed by atoms with Crippen molar-refractivity contribution in [3.63, 3.8) is 0 Å². The van der Waals surface area contributed by atoms with E-state index in [1.54, 1.807) is 31.2 Å². The first kappa shape index (κ1) is 24.0. The number of ether oxygens (including phenoxy) is 1. The van der Waals surface area contributed by atoms with Gasteiger partial charge in [-0.2, -0.15) is 13.2 Å². The topological polar surface area (TPSA) is 69.4 Å². The average molecular weight is 530 g/mol. The van der Waals surface area contributed by atoms with E-state index in [0.29, 0.717) is 27.2 Å². The van der Waals surface area contributed by atoms with Crippen molar-refractivity contribution in [2.45, 2.75) is 19.5 Å². The molecule has 0 amide bonds. The summed E-state index contributed by atoms with van der Waals surface area (Å²) < 4.78 is 53.5. The van der Waals surface area contributed by atoms with Crippen LogP contribution in [0.4, 0.5) is 13.2 Å². The maximum absolute atomic E-state index is 14.1. The second-order valence-corrected chi connectivity index (χ2v) is 9.29. The standard InChI is InChI=1S/C26H15ClF3NO4S/c1-2-13-11-16-19(12-18(13)35-25(33)14-7-9-15(27)10-8-14)34-23(26(28,29)30)21(22(16)32)24-31-17-5-3-4-6-20(17)36-24/h3-12H,2H2,1H3. The maximum atomic E-state index is 14.1. The Balaban J connectivity index is 1.69. The van der Waals surface area contributed by atoms with Crippen molar-refractivity contribution in [3.05, 3.63) is 92.8 Å². The van der Waals surface area contributed by atoms with Crippen LogP contribution in [0.1, 0.15) is 28.6 Å². The molecule has 0 fully saturated rings. The van der Waals surface area contributed by atoms with Gasteiger partial charge in [0.2, 0.25) is 11.2 Å². The molecule has 0 unspecified atom stereocenters. The number of carbonyl (C=O) groups excluding carboxylic acids is 1. The fourth-order valence-corrected chi connectivity index (χ4v) is 4.89. The third-order valence-corrected chi connectivity index (χ3v) is 6.81. The molecule has 10 heteroatoms. The molecule has 5 rings (SSSR count). The van der Waals surface area contributed by atoms with Crippen LogP contribution in [0.5, 0.6) is 5.75 Å². The van der Waals surface area contributed by atoms with E-state index in [2.05, 4.69) is 4.98 Å². The fraction of sp³-hybridized carbons (Fsp3) is 0.115. The van der Waals surface area contributed by atoms with Crippen LogP contribution in [-0.4, -0.2) is 11.0 Å². The van der Waals surface area contributed by atoms with Crippen molar-refractivity contribution in [2.24, 2.45) is 0 Å². The van der Waals surface area contributed by atoms with Gasteiger partial charge in [-0.15, -0.1) is 11.3 Å². The van der Waals surface area contributed by atoms with Crippen molar-refractivity contribution in [2.75, 3.05) is 0 Å². The minimum atomic E-state index is -4.97. The monoisotopic (exact) mass is 529 g/mol. The first-order chi connectivity index (χ1) is 17.2. The molecule has 5 aromatic rings. The Morgan fingerprint density at radius 3 is 2.50 bits per heavy atom. The van der Waals surface area contributed by atoms with Crippen LogP contribution in [0, 0.1) is 0 Å². The molecule has 0 radical (unpaired) electrons. The lowest BCUT2D eigenvalue weighted by atomic mass is 10.0. The van der Waals surface area contributed by atoms with E-state index in [-0.39, 0.29) is 27.3 Å². The first-order valence-corrected chi connectivity index (χ1v) is 11.9. The number of esters is 1. The minimum absolute atomic E-state index is 0.00559. The first-order valence-electron chi connectivity index (χ1n) is 10.7. The Morgan fingerprint density at radius 1 is 1.11 bits per heavy atom. The van der Waals surface area contributed by atoms with Gasteiger partial charge in [0.1, 0.15) is 21.9 Å². The minimum Gasteiger partial charge on any atom is -0.450 e. The molecule has 0 N–H and O–H groups in total. The van der Waals surface area contributed by atoms with Crippen LogP contribution >= 0.6 is 22.9 Å². The molecular weight excluding hydrogens is 515 g/mol. The fourth-order valence-electron chi connectivity index (χ4n) is 3.76. The van der Waals surface area contributed by atoms with E-state index >= 15 is 0 Å². The Kier molecular flexibility index (Phi) is 6.05. The molecule has 0 saturated carbocycles. The lowest BCUT2D eigenvalue weighted by molar-refractivity contribution is -0.152. The summed E-state index contributed by atoms with van der Waals surface area (Å²) in [7, 11) is 0. The molecule has 0 saturated heterocycles. The molecule has 0 bridgehead atoms. The molecule has 0 aliphatic heterocycles. The molecule has 0 spiro atoms. The summed E-state index contributed by atoms with van der Waals surface area (Å²) in [5.41, 5.74) is -0.744. The van der Waals surface area contributed by atoms with Crippen molar-refractivity contribution in [3.8, 4) is 16.3 Å². The number of halogens is 4. The Hall–Kier alpha value is -3.69. The predicted octanol–water partition coefficient (Wildman–Crippen LogP) is 7.52. The predicted molar refractivity (Wildman–Crippen MR) is 132 cm³/mol. The van der Waals surface area contributed by atoms with E-state index in [1.165, 1.54) is 30.3 Å². The van der Waals surface area contributed by atoms with Gasteiger partial charge in [0.15, 0.2) is 0 Å². The van der Waals surface area contributed by atoms with Gasteiger partial charge < -0.3 is 9.15 Å². The Morgan fingerprint density at radius 2 is 1.83 bits per heavy atom. The van der Waals surface area contributed by atoms with Crippen molar-refractivity contribution < 1.29 is 27.1 Å². The number of carbonyl (C=O) groups is 1. The van der Waals surface area contributed by atoms with Crippen LogP contribution in [0.25, 0.3) is 31.8 Å². The summed E-state index contributed by atoms with van der Waals surface area (Å²) in [4.78, 5) is 30.3. The van der Waals surface area contributed by atoms with Gasteiger partial charge in [0.05, 0.1) is 21.2 Å². The number of hydrogen-bond acceptors (Lipinski definition) is 6. The largest absolute Gasteiger partial charge is 0.450 e. The van der Waals surface area contributed by atoms with Gasteiger partial charge in [-0.25, -0.2) is 9.78 Å². The normalized spacial score (nSPS) is 11.8. The maximum Gasteiger partial charge on any atom is 0.450 e. The molecule has 0 aliphatic rings. The number of rotatable bonds is 4. The zero-order valence-electron chi connectivity index (χ0n) is 18.5. The summed E-state index contributed by atoms with van der Waals surface area (Å²) >= 11 is 6.82. The van der Waals surface area contributed by atoms with Gasteiger partial charge in [-0.05, 0) is 54.4 Å². The van der Waals surface area contributed by atoms with Crippen molar-refractivity contribution in [1.29, 1.82) is 0 Å². The zero-order chi connectivity index (χ0) is 25.6. The highest BCUT2D eigenvalue weighted by atomic mass is 35.5. The second-order valence-electron chi connectivity index (χ2n) is 7.83. The molecule has 2 heterocycles. The zero-order valence-corrected chi connectivity index (χ0v) is 20.1. The summed E-state index contributed by atoms with van der Waals surface area (Å²) in [6.45, 7) is 1.76. The summed E-state index contributed by atoms with van der Waals surface area (Å²) in [5.74, 6) is -2.20. The number of benzene rings is 3. The smallest absolute Gasteiger partial charge is 0.450 e. The molecular formula is C26H15ClF3NO4S. The van der Waals surface area contributed by atoms with E-state index in [4.69, 9.17) is 20.8 Å². The van der Waals surface area contributed by atoms with Gasteiger partial charge >= 0.3 is 12.1 Å². The van der Waals surface area contributed by atoms with Gasteiger partial charge in [0.25, 0.3) is 0 Å². The highest BCUT2D eigenvalue weighted by Crippen LogP contribution is 2.40. The highest BCUT2D eigenvalue weighted by molar-refractivity contribution is 7.21. The number of aryl methyl sites for hydroxylation is 1. The van der Waals surface area contributed by atoms with E-state index in [9.17, 15) is 22.8 Å². The molecule has 2 aromatic heterocycles. The molecule has 3 aromatic carbocycles. The van der Waals surface area contributed by atoms with Crippen molar-refractivity contribution >= 4 is 50.1 Å². The highest BCUT2D eigenvalue weighted by Gasteiger charge is 2.40. The SMILES string of the molecule is CCc1cc2c(=O)c(-c3nc4ccccc4s3)c(C(F)(F)F)oc2cc1OC(=O)c1ccc(Cl)cc1. The summed E-state index contributed by atoms with van der Waals surface area (Å²) in [5, 5.41) is 0.271. The Bertz CT molecular complexity index is 1660. The third-order valence-electron chi connectivity index (χ3n) is 5.50. The molecule has 5 nitrogen and oxygen atoms in total. The van der Waals surface area contributed by atoms with Crippen LogP contribution in [-0.2, 0) is 12.6 Å². The van der Waals surface area contributed by atoms with E-state index in [1.807, 2.05) is 0 Å². The molecule has 182 valence electrons. The number of thiazole rings is 1. The average Bonchev–Trinajstić information content (AvgIpc) is 3.27. The number of hydrogen-bond donors (Lipinski definition) is 0. The summed E-state index contributed by atoms with van der Waals surface area (Å²) in [6.07, 6.45) is -4.62. The van der Waals surface area contributed by atoms with Crippen LogP contribution in [0.3, 0.4) is 0 Å².